The topological polar surface area (TPSA) is 55.9 Å². The number of rotatable bonds is 12. The van der Waals surface area contributed by atoms with E-state index in [1.54, 1.807) is 42.7 Å². The maximum absolute atomic E-state index is 14.6. The fraction of sp³-hybridized carbons (Fsp3) is 0.417. The summed E-state index contributed by atoms with van der Waals surface area (Å²) in [5.74, 6) is 0.0266. The lowest BCUT2D eigenvalue weighted by Crippen LogP contribution is -2.43. The SMILES string of the molecule is C=N/C=C\C=N/CC/N=C\C(=C/N=C)CC(C)c1ccc(F)c(N2CCN(SC)CC2)c1. The second kappa shape index (κ2) is 14.5. The van der Waals surface area contributed by atoms with Crippen molar-refractivity contribution in [3.05, 3.63) is 53.6 Å². The third-order valence-corrected chi connectivity index (χ3v) is 6.06. The van der Waals surface area contributed by atoms with Crippen LogP contribution in [0, 0.1) is 5.82 Å². The first kappa shape index (κ1) is 25.7. The van der Waals surface area contributed by atoms with E-state index < -0.39 is 0 Å². The molecular formula is C24H33FN6S. The summed E-state index contributed by atoms with van der Waals surface area (Å²) < 4.78 is 16.9. The highest BCUT2D eigenvalue weighted by Gasteiger charge is 2.20. The predicted molar refractivity (Wildman–Crippen MR) is 140 cm³/mol. The Hall–Kier alpha value is -2.58. The Bertz CT molecular complexity index is 856. The summed E-state index contributed by atoms with van der Waals surface area (Å²) in [6.45, 7) is 13.8. The van der Waals surface area contributed by atoms with Crippen LogP contribution in [0.4, 0.5) is 10.1 Å². The first-order valence-electron chi connectivity index (χ1n) is 10.7. The molecule has 0 bridgehead atoms. The number of nitrogens with zero attached hydrogens (tertiary/aromatic N) is 6. The quantitative estimate of drug-likeness (QED) is 0.261. The molecule has 1 aliphatic heterocycles. The lowest BCUT2D eigenvalue weighted by Gasteiger charge is -2.35. The lowest BCUT2D eigenvalue weighted by atomic mass is 9.93. The molecule has 0 aliphatic carbocycles. The Kier molecular flexibility index (Phi) is 11.6. The summed E-state index contributed by atoms with van der Waals surface area (Å²) in [7, 11) is 0. The van der Waals surface area contributed by atoms with Gasteiger partial charge in [-0.3, -0.25) is 20.0 Å². The number of halogens is 1. The van der Waals surface area contributed by atoms with Crippen molar-refractivity contribution in [2.45, 2.75) is 19.3 Å². The van der Waals surface area contributed by atoms with Gasteiger partial charge in [-0.15, -0.1) is 0 Å². The van der Waals surface area contributed by atoms with Crippen molar-refractivity contribution in [1.82, 2.24) is 4.31 Å². The van der Waals surface area contributed by atoms with Gasteiger partial charge in [-0.05, 0) is 61.4 Å². The standard InChI is InChI=1S/C24H33FN6S/c1-20(16-21(18-27-3)19-29-11-10-28-9-5-8-26-2)22-6-7-23(25)24(17-22)30-12-14-31(32-4)15-13-30/h5-9,17-20H,2-3,10-16H2,1,4H3/b8-5-,21-18-,28-9-,29-19-. The van der Waals surface area contributed by atoms with Crippen LogP contribution in [0.5, 0.6) is 0 Å². The number of hydrogen-bond donors (Lipinski definition) is 0. The Morgan fingerprint density at radius 1 is 1.16 bits per heavy atom. The molecular weight excluding hydrogens is 423 g/mol. The van der Waals surface area contributed by atoms with Crippen LogP contribution in [-0.2, 0) is 0 Å². The molecule has 1 fully saturated rings. The van der Waals surface area contributed by atoms with Crippen LogP contribution in [0.2, 0.25) is 0 Å². The zero-order valence-electron chi connectivity index (χ0n) is 19.0. The van der Waals surface area contributed by atoms with Crippen molar-refractivity contribution >= 4 is 43.5 Å². The van der Waals surface area contributed by atoms with Gasteiger partial charge < -0.3 is 4.90 Å². The molecule has 8 heteroatoms. The summed E-state index contributed by atoms with van der Waals surface area (Å²) >= 11 is 1.74. The van der Waals surface area contributed by atoms with Crippen LogP contribution in [-0.4, -0.2) is 75.7 Å². The van der Waals surface area contributed by atoms with Crippen LogP contribution >= 0.6 is 11.9 Å². The van der Waals surface area contributed by atoms with Crippen molar-refractivity contribution in [3.63, 3.8) is 0 Å². The number of piperazine rings is 1. The molecule has 0 radical (unpaired) electrons. The highest BCUT2D eigenvalue weighted by Crippen LogP contribution is 2.29. The number of anilines is 1. The maximum atomic E-state index is 14.6. The van der Waals surface area contributed by atoms with Gasteiger partial charge in [0.25, 0.3) is 0 Å². The maximum Gasteiger partial charge on any atom is 0.146 e. The van der Waals surface area contributed by atoms with E-state index in [1.165, 1.54) is 0 Å². The Morgan fingerprint density at radius 2 is 1.91 bits per heavy atom. The van der Waals surface area contributed by atoms with E-state index >= 15 is 0 Å². The van der Waals surface area contributed by atoms with Gasteiger partial charge in [0.05, 0.1) is 18.8 Å². The van der Waals surface area contributed by atoms with E-state index in [1.807, 2.05) is 18.3 Å². The van der Waals surface area contributed by atoms with Crippen molar-refractivity contribution < 1.29 is 4.39 Å². The minimum absolute atomic E-state index is 0.164. The van der Waals surface area contributed by atoms with Crippen LogP contribution in [0.15, 0.2) is 62.2 Å². The third-order valence-electron chi connectivity index (χ3n) is 5.17. The first-order valence-corrected chi connectivity index (χ1v) is 11.9. The Morgan fingerprint density at radius 3 is 2.59 bits per heavy atom. The molecule has 0 spiro atoms. The van der Waals surface area contributed by atoms with E-state index in [-0.39, 0.29) is 11.7 Å². The minimum Gasteiger partial charge on any atom is -0.367 e. The molecule has 1 aromatic carbocycles. The fourth-order valence-corrected chi connectivity index (χ4v) is 3.98. The van der Waals surface area contributed by atoms with Gasteiger partial charge >= 0.3 is 0 Å². The van der Waals surface area contributed by atoms with E-state index in [0.717, 1.165) is 43.7 Å². The highest BCUT2D eigenvalue weighted by atomic mass is 32.2. The van der Waals surface area contributed by atoms with Crippen LogP contribution in [0.25, 0.3) is 0 Å². The zero-order chi connectivity index (χ0) is 23.2. The van der Waals surface area contributed by atoms with Gasteiger partial charge in [-0.25, -0.2) is 8.70 Å². The first-order chi connectivity index (χ1) is 15.6. The van der Waals surface area contributed by atoms with Crippen molar-refractivity contribution in [3.8, 4) is 0 Å². The van der Waals surface area contributed by atoms with E-state index in [9.17, 15) is 4.39 Å². The molecule has 1 atom stereocenters. The average molecular weight is 457 g/mol. The van der Waals surface area contributed by atoms with Crippen LogP contribution in [0.1, 0.15) is 24.8 Å². The fourth-order valence-electron chi connectivity index (χ4n) is 3.45. The summed E-state index contributed by atoms with van der Waals surface area (Å²) in [6, 6.07) is 5.45. The second-order valence-electron chi connectivity index (χ2n) is 7.42. The largest absolute Gasteiger partial charge is 0.367 e. The number of aliphatic imine (C=N–C) groups is 4. The molecule has 0 amide bonds. The predicted octanol–water partition coefficient (Wildman–Crippen LogP) is 4.66. The minimum atomic E-state index is -0.164. The number of hydrogen-bond acceptors (Lipinski definition) is 7. The van der Waals surface area contributed by atoms with Gasteiger partial charge in [0.15, 0.2) is 0 Å². The summed E-state index contributed by atoms with van der Waals surface area (Å²) in [5.41, 5.74) is 2.77. The second-order valence-corrected chi connectivity index (χ2v) is 8.30. The zero-order valence-corrected chi connectivity index (χ0v) is 19.8. The van der Waals surface area contributed by atoms with E-state index in [2.05, 4.69) is 55.8 Å². The van der Waals surface area contributed by atoms with Gasteiger partial charge in [0, 0.05) is 51.0 Å². The normalized spacial score (nSPS) is 17.0. The molecule has 0 N–H and O–H groups in total. The van der Waals surface area contributed by atoms with Crippen LogP contribution in [0.3, 0.4) is 0 Å². The molecule has 1 aromatic rings. The molecule has 2 rings (SSSR count). The summed E-state index contributed by atoms with van der Waals surface area (Å²) in [4.78, 5) is 18.3. The molecule has 0 aromatic heterocycles. The van der Waals surface area contributed by atoms with Crippen molar-refractivity contribution in [1.29, 1.82) is 0 Å². The molecule has 0 saturated carbocycles. The molecule has 172 valence electrons. The van der Waals surface area contributed by atoms with E-state index in [4.69, 9.17) is 0 Å². The molecule has 6 nitrogen and oxygen atoms in total. The highest BCUT2D eigenvalue weighted by molar-refractivity contribution is 7.96. The lowest BCUT2D eigenvalue weighted by molar-refractivity contribution is 0.427. The molecule has 32 heavy (non-hydrogen) atoms. The van der Waals surface area contributed by atoms with Crippen molar-refractivity contribution in [2.24, 2.45) is 20.0 Å². The van der Waals surface area contributed by atoms with Gasteiger partial charge in [-0.2, -0.15) is 0 Å². The van der Waals surface area contributed by atoms with E-state index in [0.29, 0.717) is 18.8 Å². The summed E-state index contributed by atoms with van der Waals surface area (Å²) in [6.07, 6.45) is 11.4. The van der Waals surface area contributed by atoms with Gasteiger partial charge in [-0.1, -0.05) is 24.9 Å². The molecule has 1 unspecified atom stereocenters. The summed E-state index contributed by atoms with van der Waals surface area (Å²) in [5, 5.41) is 0. The monoisotopic (exact) mass is 456 g/mol. The van der Waals surface area contributed by atoms with Gasteiger partial charge in [0.2, 0.25) is 0 Å². The van der Waals surface area contributed by atoms with Gasteiger partial charge in [0.1, 0.15) is 5.82 Å². The van der Waals surface area contributed by atoms with Crippen molar-refractivity contribution in [2.75, 3.05) is 50.4 Å². The molecule has 1 heterocycles. The third kappa shape index (κ3) is 8.51. The number of benzene rings is 1. The Labute approximate surface area is 195 Å². The smallest absolute Gasteiger partial charge is 0.146 e. The molecule has 1 saturated heterocycles. The molecule has 1 aliphatic rings. The Balaban J connectivity index is 1.99. The average Bonchev–Trinajstić information content (AvgIpc) is 2.81. The number of allylic oxidation sites excluding steroid dienone is 2. The van der Waals surface area contributed by atoms with Crippen LogP contribution < -0.4 is 4.90 Å².